The number of halogens is 2. The van der Waals surface area contributed by atoms with Gasteiger partial charge in [-0.15, -0.1) is 0 Å². The molecule has 0 heterocycles. The second kappa shape index (κ2) is 4.56. The van der Waals surface area contributed by atoms with E-state index in [1.165, 1.54) is 12.1 Å². The molecule has 2 unspecified atom stereocenters. The monoisotopic (exact) mass is 257 g/mol. The molecule has 2 nitrogen and oxygen atoms in total. The number of rotatable bonds is 3. The first-order valence-electron chi connectivity index (χ1n) is 5.76. The largest absolute Gasteiger partial charge is 0.392 e. The normalized spacial score (nSPS) is 26.6. The Kier molecular flexibility index (Phi) is 3.43. The third-order valence-corrected chi connectivity index (χ3v) is 4.13. The Bertz CT molecular complexity index is 422. The van der Waals surface area contributed by atoms with Crippen LogP contribution in [0.25, 0.3) is 0 Å². The summed E-state index contributed by atoms with van der Waals surface area (Å²) in [5.74, 6) is -0.279. The molecule has 0 saturated heterocycles. The summed E-state index contributed by atoms with van der Waals surface area (Å²) in [5.41, 5.74) is 0.628. The van der Waals surface area contributed by atoms with Crippen molar-refractivity contribution in [2.75, 3.05) is 0 Å². The van der Waals surface area contributed by atoms with Crippen molar-refractivity contribution in [3.63, 3.8) is 0 Å². The van der Waals surface area contributed by atoms with Crippen LogP contribution in [-0.4, -0.2) is 17.3 Å². The molecule has 0 radical (unpaired) electrons. The number of nitrogens with one attached hydrogen (secondary N) is 1. The predicted octanol–water partition coefficient (Wildman–Crippen LogP) is 2.73. The van der Waals surface area contributed by atoms with Crippen LogP contribution in [0.4, 0.5) is 4.39 Å². The van der Waals surface area contributed by atoms with E-state index in [-0.39, 0.29) is 23.4 Å². The van der Waals surface area contributed by atoms with Crippen LogP contribution in [0, 0.1) is 11.2 Å². The maximum Gasteiger partial charge on any atom is 0.123 e. The van der Waals surface area contributed by atoms with E-state index in [4.69, 9.17) is 11.6 Å². The summed E-state index contributed by atoms with van der Waals surface area (Å²) < 4.78 is 13.1. The minimum atomic E-state index is -0.279. The summed E-state index contributed by atoms with van der Waals surface area (Å²) in [6, 6.07) is 4.60. The van der Waals surface area contributed by atoms with Crippen LogP contribution >= 0.6 is 11.6 Å². The van der Waals surface area contributed by atoms with E-state index in [1.54, 1.807) is 6.07 Å². The number of aliphatic hydroxyl groups is 1. The van der Waals surface area contributed by atoms with Crippen molar-refractivity contribution < 1.29 is 9.50 Å². The van der Waals surface area contributed by atoms with Gasteiger partial charge >= 0.3 is 0 Å². The Labute approximate surface area is 106 Å². The van der Waals surface area contributed by atoms with Gasteiger partial charge in [0.25, 0.3) is 0 Å². The highest BCUT2D eigenvalue weighted by Gasteiger charge is 2.46. The third-order valence-electron chi connectivity index (χ3n) is 3.76. The maximum absolute atomic E-state index is 13.1. The summed E-state index contributed by atoms with van der Waals surface area (Å²) >= 11 is 5.98. The average Bonchev–Trinajstić information content (AvgIpc) is 2.28. The Balaban J connectivity index is 1.97. The van der Waals surface area contributed by atoms with E-state index in [1.807, 2.05) is 13.8 Å². The lowest BCUT2D eigenvalue weighted by atomic mass is 9.64. The lowest BCUT2D eigenvalue weighted by molar-refractivity contribution is -0.0729. The molecule has 94 valence electrons. The highest BCUT2D eigenvalue weighted by molar-refractivity contribution is 6.31. The molecule has 1 aromatic rings. The second-order valence-electron chi connectivity index (χ2n) is 5.24. The third kappa shape index (κ3) is 2.46. The average molecular weight is 258 g/mol. The zero-order chi connectivity index (χ0) is 12.6. The predicted molar refractivity (Wildman–Crippen MR) is 66.4 cm³/mol. The molecule has 2 N–H and O–H groups in total. The van der Waals surface area contributed by atoms with Crippen LogP contribution in [0.5, 0.6) is 0 Å². The van der Waals surface area contributed by atoms with Crippen molar-refractivity contribution in [1.82, 2.24) is 5.32 Å². The summed E-state index contributed by atoms with van der Waals surface area (Å²) in [4.78, 5) is 0. The molecule has 0 spiro atoms. The van der Waals surface area contributed by atoms with Crippen LogP contribution < -0.4 is 5.32 Å². The van der Waals surface area contributed by atoms with Gasteiger partial charge in [0, 0.05) is 23.0 Å². The molecule has 1 aliphatic rings. The summed E-state index contributed by atoms with van der Waals surface area (Å²) in [6.07, 6.45) is 0.475. The number of hydrogen-bond donors (Lipinski definition) is 2. The second-order valence-corrected chi connectivity index (χ2v) is 5.65. The highest BCUT2D eigenvalue weighted by Crippen LogP contribution is 2.40. The van der Waals surface area contributed by atoms with Crippen LogP contribution in [0.2, 0.25) is 5.02 Å². The molecule has 17 heavy (non-hydrogen) atoms. The number of hydrogen-bond acceptors (Lipinski definition) is 2. The van der Waals surface area contributed by atoms with Crippen LogP contribution in [-0.2, 0) is 6.54 Å². The van der Waals surface area contributed by atoms with Crippen LogP contribution in [0.1, 0.15) is 25.8 Å². The van der Waals surface area contributed by atoms with Gasteiger partial charge in [-0.05, 0) is 30.2 Å². The molecule has 1 aliphatic carbocycles. The Morgan fingerprint density at radius 1 is 1.53 bits per heavy atom. The van der Waals surface area contributed by atoms with Gasteiger partial charge < -0.3 is 10.4 Å². The van der Waals surface area contributed by atoms with Crippen LogP contribution in [0.3, 0.4) is 0 Å². The SMILES string of the molecule is CC1(C)C(O)CC1NCc1cc(F)ccc1Cl. The van der Waals surface area contributed by atoms with Crippen molar-refractivity contribution in [3.8, 4) is 0 Å². The first kappa shape index (κ1) is 12.8. The van der Waals surface area contributed by atoms with Crippen molar-refractivity contribution in [1.29, 1.82) is 0 Å². The minimum Gasteiger partial charge on any atom is -0.392 e. The summed E-state index contributed by atoms with van der Waals surface area (Å²) in [6.45, 7) is 4.56. The fourth-order valence-corrected chi connectivity index (χ4v) is 2.35. The Morgan fingerprint density at radius 2 is 2.24 bits per heavy atom. The molecule has 0 amide bonds. The lowest BCUT2D eigenvalue weighted by Gasteiger charge is -2.49. The highest BCUT2D eigenvalue weighted by atomic mass is 35.5. The molecule has 2 rings (SSSR count). The van der Waals surface area contributed by atoms with E-state index in [0.717, 1.165) is 12.0 Å². The van der Waals surface area contributed by atoms with Crippen molar-refractivity contribution in [3.05, 3.63) is 34.6 Å². The topological polar surface area (TPSA) is 32.3 Å². The molecule has 2 atom stereocenters. The first-order chi connectivity index (χ1) is 7.91. The quantitative estimate of drug-likeness (QED) is 0.873. The fourth-order valence-electron chi connectivity index (χ4n) is 2.16. The van der Waals surface area contributed by atoms with Crippen molar-refractivity contribution >= 4 is 11.6 Å². The van der Waals surface area contributed by atoms with Gasteiger partial charge in [-0.2, -0.15) is 0 Å². The summed E-state index contributed by atoms with van der Waals surface area (Å²) in [5, 5.41) is 13.5. The standard InChI is InChI=1S/C13H17ClFNO/c1-13(2)11(6-12(13)17)16-7-8-5-9(15)3-4-10(8)14/h3-5,11-12,16-17H,6-7H2,1-2H3. The first-order valence-corrected chi connectivity index (χ1v) is 6.14. The van der Waals surface area contributed by atoms with E-state index < -0.39 is 0 Å². The van der Waals surface area contributed by atoms with Crippen molar-refractivity contribution in [2.24, 2.45) is 5.41 Å². The lowest BCUT2D eigenvalue weighted by Crippen LogP contribution is -2.59. The zero-order valence-corrected chi connectivity index (χ0v) is 10.8. The van der Waals surface area contributed by atoms with E-state index in [9.17, 15) is 9.50 Å². The molecular formula is C13H17ClFNO. The molecule has 1 aromatic carbocycles. The van der Waals surface area contributed by atoms with E-state index in [2.05, 4.69) is 5.32 Å². The smallest absolute Gasteiger partial charge is 0.123 e. The maximum atomic E-state index is 13.1. The minimum absolute atomic E-state index is 0.125. The van der Waals surface area contributed by atoms with Crippen LogP contribution in [0.15, 0.2) is 18.2 Å². The van der Waals surface area contributed by atoms with Crippen molar-refractivity contribution in [2.45, 2.75) is 39.0 Å². The molecule has 1 saturated carbocycles. The molecule has 0 bridgehead atoms. The molecule has 0 aromatic heterocycles. The van der Waals surface area contributed by atoms with Gasteiger partial charge in [0.15, 0.2) is 0 Å². The Morgan fingerprint density at radius 3 is 2.82 bits per heavy atom. The van der Waals surface area contributed by atoms with Gasteiger partial charge in [-0.25, -0.2) is 4.39 Å². The van der Waals surface area contributed by atoms with Gasteiger partial charge in [-0.1, -0.05) is 25.4 Å². The van der Waals surface area contributed by atoms with Gasteiger partial charge in [0.2, 0.25) is 0 Å². The number of benzene rings is 1. The number of aliphatic hydroxyl groups excluding tert-OH is 1. The summed E-state index contributed by atoms with van der Waals surface area (Å²) in [7, 11) is 0. The van der Waals surface area contributed by atoms with E-state index >= 15 is 0 Å². The molecular weight excluding hydrogens is 241 g/mol. The molecule has 4 heteroatoms. The molecule has 1 fully saturated rings. The van der Waals surface area contributed by atoms with E-state index in [0.29, 0.717) is 11.6 Å². The molecule has 0 aliphatic heterocycles. The van der Waals surface area contributed by atoms with Gasteiger partial charge in [0.05, 0.1) is 6.10 Å². The van der Waals surface area contributed by atoms with Gasteiger partial charge in [0.1, 0.15) is 5.82 Å². The van der Waals surface area contributed by atoms with Gasteiger partial charge in [-0.3, -0.25) is 0 Å². The Hall–Kier alpha value is -0.640. The fraction of sp³-hybridized carbons (Fsp3) is 0.538. The zero-order valence-electron chi connectivity index (χ0n) is 10.0.